The zero-order chi connectivity index (χ0) is 21.3. The average Bonchev–Trinajstić information content (AvgIpc) is 3.41. The standard InChI is InChI=1S/C21H20ClFN4O3/c1-27-10-15-14(19(27)20(28)25-12-4-6-17(23)16(22)9-12)5-7-18(15)26-21(29)30-11-13-3-2-8-24-13/h2-4,6,8-10,18,24H,5,7,11H2,1H3,(H,25,28)(H,26,29). The van der Waals surface area contributed by atoms with Crippen molar-refractivity contribution >= 4 is 29.3 Å². The lowest BCUT2D eigenvalue weighted by atomic mass is 10.1. The van der Waals surface area contributed by atoms with Gasteiger partial charge in [-0.3, -0.25) is 4.79 Å². The first-order valence-electron chi connectivity index (χ1n) is 9.42. The monoisotopic (exact) mass is 430 g/mol. The van der Waals surface area contributed by atoms with Gasteiger partial charge in [0.1, 0.15) is 18.1 Å². The Morgan fingerprint density at radius 1 is 1.37 bits per heavy atom. The minimum atomic E-state index is -0.550. The van der Waals surface area contributed by atoms with Crippen molar-refractivity contribution in [2.24, 2.45) is 7.05 Å². The van der Waals surface area contributed by atoms with E-state index in [0.717, 1.165) is 16.8 Å². The Balaban J connectivity index is 1.44. The van der Waals surface area contributed by atoms with Crippen LogP contribution >= 0.6 is 11.6 Å². The summed E-state index contributed by atoms with van der Waals surface area (Å²) in [5.41, 5.74) is 3.46. The summed E-state index contributed by atoms with van der Waals surface area (Å²) in [6.07, 6.45) is 4.40. The molecule has 1 aliphatic rings. The lowest BCUT2D eigenvalue weighted by Gasteiger charge is -2.13. The third-order valence-electron chi connectivity index (χ3n) is 5.08. The number of alkyl carbamates (subject to hydrolysis) is 1. The van der Waals surface area contributed by atoms with Crippen LogP contribution in [-0.4, -0.2) is 21.6 Å². The van der Waals surface area contributed by atoms with Crippen LogP contribution in [0.25, 0.3) is 0 Å². The number of fused-ring (bicyclic) bond motifs is 1. The summed E-state index contributed by atoms with van der Waals surface area (Å²) >= 11 is 5.79. The number of H-pyrrole nitrogens is 1. The molecule has 1 atom stereocenters. The van der Waals surface area contributed by atoms with Crippen molar-refractivity contribution in [3.8, 4) is 0 Å². The first-order chi connectivity index (χ1) is 14.4. The first kappa shape index (κ1) is 20.0. The van der Waals surface area contributed by atoms with Crippen LogP contribution in [-0.2, 0) is 24.8 Å². The van der Waals surface area contributed by atoms with Crippen molar-refractivity contribution in [3.63, 3.8) is 0 Å². The normalized spacial score (nSPS) is 15.0. The summed E-state index contributed by atoms with van der Waals surface area (Å²) < 4.78 is 20.3. The lowest BCUT2D eigenvalue weighted by molar-refractivity contribution is 0.101. The van der Waals surface area contributed by atoms with Crippen LogP contribution in [0, 0.1) is 5.82 Å². The second-order valence-corrected chi connectivity index (χ2v) is 7.52. The molecule has 3 N–H and O–H groups in total. The van der Waals surface area contributed by atoms with Gasteiger partial charge in [-0.2, -0.15) is 0 Å². The molecule has 1 aromatic carbocycles. The van der Waals surface area contributed by atoms with Crippen LogP contribution in [0.2, 0.25) is 5.02 Å². The smallest absolute Gasteiger partial charge is 0.408 e. The van der Waals surface area contributed by atoms with Gasteiger partial charge in [-0.05, 0) is 54.3 Å². The highest BCUT2D eigenvalue weighted by atomic mass is 35.5. The number of rotatable bonds is 5. The van der Waals surface area contributed by atoms with E-state index in [0.29, 0.717) is 24.2 Å². The van der Waals surface area contributed by atoms with Crippen molar-refractivity contribution in [2.75, 3.05) is 5.32 Å². The Labute approximate surface area is 177 Å². The zero-order valence-corrected chi connectivity index (χ0v) is 16.9. The van der Waals surface area contributed by atoms with Crippen molar-refractivity contribution in [3.05, 3.63) is 76.1 Å². The molecule has 0 spiro atoms. The fourth-order valence-corrected chi connectivity index (χ4v) is 3.88. The van der Waals surface area contributed by atoms with Crippen LogP contribution in [0.5, 0.6) is 0 Å². The van der Waals surface area contributed by atoms with Crippen LogP contribution in [0.1, 0.15) is 39.8 Å². The number of aryl methyl sites for hydroxylation is 1. The molecule has 0 saturated carbocycles. The van der Waals surface area contributed by atoms with Crippen LogP contribution in [0.3, 0.4) is 0 Å². The number of ether oxygens (including phenoxy) is 1. The quantitative estimate of drug-likeness (QED) is 0.563. The Kier molecular flexibility index (Phi) is 5.50. The first-order valence-corrected chi connectivity index (χ1v) is 9.80. The zero-order valence-electron chi connectivity index (χ0n) is 16.2. The van der Waals surface area contributed by atoms with Crippen molar-refractivity contribution < 1.29 is 18.7 Å². The van der Waals surface area contributed by atoms with Gasteiger partial charge in [0.05, 0.1) is 16.8 Å². The molecule has 0 fully saturated rings. The number of carbonyl (C=O) groups is 2. The average molecular weight is 431 g/mol. The van der Waals surface area contributed by atoms with Crippen LogP contribution < -0.4 is 10.6 Å². The molecule has 3 aromatic rings. The largest absolute Gasteiger partial charge is 0.443 e. The summed E-state index contributed by atoms with van der Waals surface area (Å²) in [5, 5.41) is 5.55. The Morgan fingerprint density at radius 3 is 2.93 bits per heavy atom. The summed E-state index contributed by atoms with van der Waals surface area (Å²) in [6, 6.07) is 7.44. The fraction of sp³-hybridized carbons (Fsp3) is 0.238. The molecule has 4 rings (SSSR count). The number of hydrogen-bond acceptors (Lipinski definition) is 3. The van der Waals surface area contributed by atoms with E-state index < -0.39 is 11.9 Å². The van der Waals surface area contributed by atoms with Gasteiger partial charge >= 0.3 is 6.09 Å². The number of carbonyl (C=O) groups excluding carboxylic acids is 2. The maximum absolute atomic E-state index is 13.3. The van der Waals surface area contributed by atoms with Gasteiger partial charge in [0, 0.05) is 25.1 Å². The molecule has 0 radical (unpaired) electrons. The summed E-state index contributed by atoms with van der Waals surface area (Å²) in [4.78, 5) is 28.0. The summed E-state index contributed by atoms with van der Waals surface area (Å²) in [7, 11) is 1.77. The summed E-state index contributed by atoms with van der Waals surface area (Å²) in [5.74, 6) is -0.872. The topological polar surface area (TPSA) is 88.2 Å². The third kappa shape index (κ3) is 4.04. The van der Waals surface area contributed by atoms with E-state index in [-0.39, 0.29) is 23.6 Å². The molecule has 7 nitrogen and oxygen atoms in total. The number of benzene rings is 1. The van der Waals surface area contributed by atoms with Gasteiger partial charge in [-0.15, -0.1) is 0 Å². The van der Waals surface area contributed by atoms with Crippen LogP contribution in [0.4, 0.5) is 14.9 Å². The number of aromatic nitrogens is 2. The van der Waals surface area contributed by atoms with E-state index in [1.165, 1.54) is 18.2 Å². The highest BCUT2D eigenvalue weighted by Crippen LogP contribution is 2.35. The number of amides is 2. The maximum atomic E-state index is 13.3. The minimum Gasteiger partial charge on any atom is -0.443 e. The molecule has 0 bridgehead atoms. The Hall–Kier alpha value is -3.26. The highest BCUT2D eigenvalue weighted by molar-refractivity contribution is 6.31. The molecule has 0 aliphatic heterocycles. The fourth-order valence-electron chi connectivity index (χ4n) is 3.70. The molecule has 2 aromatic heterocycles. The third-order valence-corrected chi connectivity index (χ3v) is 5.37. The van der Waals surface area contributed by atoms with Crippen molar-refractivity contribution in [1.82, 2.24) is 14.9 Å². The number of nitrogens with one attached hydrogen (secondary N) is 3. The molecule has 2 heterocycles. The number of aromatic amines is 1. The molecule has 156 valence electrons. The predicted octanol–water partition coefficient (Wildman–Crippen LogP) is 4.31. The maximum Gasteiger partial charge on any atom is 0.408 e. The number of nitrogens with zero attached hydrogens (tertiary/aromatic N) is 1. The lowest BCUT2D eigenvalue weighted by Crippen LogP contribution is -2.27. The van der Waals surface area contributed by atoms with Crippen molar-refractivity contribution in [1.29, 1.82) is 0 Å². The molecule has 2 amide bonds. The van der Waals surface area contributed by atoms with Gasteiger partial charge < -0.3 is 24.9 Å². The molecule has 0 saturated heterocycles. The molecule has 30 heavy (non-hydrogen) atoms. The highest BCUT2D eigenvalue weighted by Gasteiger charge is 2.31. The van der Waals surface area contributed by atoms with Gasteiger partial charge in [-0.1, -0.05) is 11.6 Å². The minimum absolute atomic E-state index is 0.0629. The molecular formula is C21H20ClFN4O3. The molecule has 1 aliphatic carbocycles. The van der Waals surface area contributed by atoms with Gasteiger partial charge in [-0.25, -0.2) is 9.18 Å². The summed E-state index contributed by atoms with van der Waals surface area (Å²) in [6.45, 7) is 0.154. The van der Waals surface area contributed by atoms with Gasteiger partial charge in [0.25, 0.3) is 5.91 Å². The van der Waals surface area contributed by atoms with Gasteiger partial charge in [0.2, 0.25) is 0 Å². The number of halogens is 2. The van der Waals surface area contributed by atoms with E-state index in [2.05, 4.69) is 15.6 Å². The van der Waals surface area contributed by atoms with E-state index >= 15 is 0 Å². The van der Waals surface area contributed by atoms with E-state index in [9.17, 15) is 14.0 Å². The number of anilines is 1. The second-order valence-electron chi connectivity index (χ2n) is 7.11. The SMILES string of the molecule is Cn1cc2c(c1C(=O)Nc1ccc(F)c(Cl)c1)CCC2NC(=O)OCc1ccc[nH]1. The Morgan fingerprint density at radius 2 is 2.20 bits per heavy atom. The van der Waals surface area contributed by atoms with Gasteiger partial charge in [0.15, 0.2) is 0 Å². The Bertz CT molecular complexity index is 1090. The number of hydrogen-bond donors (Lipinski definition) is 3. The van der Waals surface area contributed by atoms with Crippen LogP contribution in [0.15, 0.2) is 42.7 Å². The second kappa shape index (κ2) is 8.23. The van der Waals surface area contributed by atoms with Crippen molar-refractivity contribution in [2.45, 2.75) is 25.5 Å². The van der Waals surface area contributed by atoms with E-state index in [1.807, 2.05) is 18.3 Å². The molecule has 1 unspecified atom stereocenters. The predicted molar refractivity (Wildman–Crippen MR) is 110 cm³/mol. The van der Waals surface area contributed by atoms with E-state index in [1.54, 1.807) is 17.8 Å². The molecule has 9 heteroatoms. The molecular weight excluding hydrogens is 411 g/mol. The van der Waals surface area contributed by atoms with E-state index in [4.69, 9.17) is 16.3 Å².